The average Bonchev–Trinajstić information content (AvgIpc) is 2.18. The molecule has 1 nitrogen and oxygen atoms in total. The van der Waals surface area contributed by atoms with Gasteiger partial charge in [-0.1, -0.05) is 19.1 Å². The lowest BCUT2D eigenvalue weighted by atomic mass is 10.1. The molecule has 0 saturated carbocycles. The fourth-order valence-corrected chi connectivity index (χ4v) is 2.75. The van der Waals surface area contributed by atoms with Crippen molar-refractivity contribution in [3.63, 3.8) is 0 Å². The zero-order valence-electron chi connectivity index (χ0n) is 10.4. The monoisotopic (exact) mass is 301 g/mol. The summed E-state index contributed by atoms with van der Waals surface area (Å²) in [6.07, 6.45) is 0. The van der Waals surface area contributed by atoms with Crippen LogP contribution in [-0.2, 0) is 0 Å². The third-order valence-electron chi connectivity index (χ3n) is 2.08. The van der Waals surface area contributed by atoms with Crippen LogP contribution in [0.2, 0.25) is 0 Å². The number of benzene rings is 1. The molecular weight excluding hydrogens is 282 g/mol. The Morgan fingerprint density at radius 3 is 2.50 bits per heavy atom. The third kappa shape index (κ3) is 5.37. The zero-order chi connectivity index (χ0) is 12.2. The summed E-state index contributed by atoms with van der Waals surface area (Å²) in [5.41, 5.74) is 0.197. The first-order valence-electron chi connectivity index (χ1n) is 5.55. The fourth-order valence-electron chi connectivity index (χ4n) is 1.25. The van der Waals surface area contributed by atoms with E-state index in [2.05, 4.69) is 67.1 Å². The van der Waals surface area contributed by atoms with E-state index in [1.54, 1.807) is 0 Å². The lowest BCUT2D eigenvalue weighted by Crippen LogP contribution is -2.39. The molecule has 0 spiro atoms. The van der Waals surface area contributed by atoms with E-state index < -0.39 is 0 Å². The van der Waals surface area contributed by atoms with E-state index in [-0.39, 0.29) is 5.54 Å². The quantitative estimate of drug-likeness (QED) is 0.831. The first-order chi connectivity index (χ1) is 7.38. The molecule has 0 fully saturated rings. The van der Waals surface area contributed by atoms with E-state index in [0.717, 1.165) is 6.54 Å². The molecule has 3 heteroatoms. The predicted molar refractivity (Wildman–Crippen MR) is 77.2 cm³/mol. The second-order valence-corrected chi connectivity index (χ2v) is 7.32. The standard InChI is InChI=1S/C13H20BrNS/c1-10(9-15-13(2,3)4)16-12-8-6-5-7-11(12)14/h5-8,10,15H,9H2,1-4H3. The number of hydrogen-bond donors (Lipinski definition) is 1. The minimum atomic E-state index is 0.197. The van der Waals surface area contributed by atoms with E-state index in [1.807, 2.05) is 17.8 Å². The summed E-state index contributed by atoms with van der Waals surface area (Å²) in [7, 11) is 0. The molecule has 1 atom stereocenters. The molecule has 1 aromatic carbocycles. The molecule has 1 unspecified atom stereocenters. The van der Waals surface area contributed by atoms with Crippen molar-refractivity contribution in [3.05, 3.63) is 28.7 Å². The van der Waals surface area contributed by atoms with Crippen molar-refractivity contribution < 1.29 is 0 Å². The van der Waals surface area contributed by atoms with E-state index in [9.17, 15) is 0 Å². The Bertz CT molecular complexity index is 333. The zero-order valence-corrected chi connectivity index (χ0v) is 12.8. The molecule has 1 aromatic rings. The molecule has 0 bridgehead atoms. The van der Waals surface area contributed by atoms with E-state index in [4.69, 9.17) is 0 Å². The lowest BCUT2D eigenvalue weighted by molar-refractivity contribution is 0.429. The van der Waals surface area contributed by atoms with Gasteiger partial charge in [-0.3, -0.25) is 0 Å². The summed E-state index contributed by atoms with van der Waals surface area (Å²) in [6.45, 7) is 9.87. The van der Waals surface area contributed by atoms with Crippen LogP contribution in [0.4, 0.5) is 0 Å². The first-order valence-corrected chi connectivity index (χ1v) is 7.22. The molecule has 0 amide bonds. The molecule has 0 aromatic heterocycles. The number of halogens is 1. The van der Waals surface area contributed by atoms with Crippen molar-refractivity contribution in [3.8, 4) is 0 Å². The largest absolute Gasteiger partial charge is 0.311 e. The molecule has 90 valence electrons. The van der Waals surface area contributed by atoms with Crippen molar-refractivity contribution >= 4 is 27.7 Å². The highest BCUT2D eigenvalue weighted by molar-refractivity contribution is 9.10. The van der Waals surface area contributed by atoms with Gasteiger partial charge in [-0.15, -0.1) is 11.8 Å². The van der Waals surface area contributed by atoms with Gasteiger partial charge in [-0.05, 0) is 48.8 Å². The Hall–Kier alpha value is 0.01000. The number of hydrogen-bond acceptors (Lipinski definition) is 2. The van der Waals surface area contributed by atoms with Crippen LogP contribution in [0.1, 0.15) is 27.7 Å². The van der Waals surface area contributed by atoms with Crippen LogP contribution in [0.15, 0.2) is 33.6 Å². The molecule has 0 radical (unpaired) electrons. The summed E-state index contributed by atoms with van der Waals surface area (Å²) in [4.78, 5) is 1.31. The Morgan fingerprint density at radius 1 is 1.31 bits per heavy atom. The van der Waals surface area contributed by atoms with E-state index in [0.29, 0.717) is 5.25 Å². The Labute approximate surface area is 112 Å². The Morgan fingerprint density at radius 2 is 1.94 bits per heavy atom. The Kier molecular flexibility index (Phi) is 5.35. The second-order valence-electron chi connectivity index (χ2n) is 4.99. The smallest absolute Gasteiger partial charge is 0.0311 e. The van der Waals surface area contributed by atoms with Crippen LogP contribution in [-0.4, -0.2) is 17.3 Å². The summed E-state index contributed by atoms with van der Waals surface area (Å²) in [6, 6.07) is 8.37. The van der Waals surface area contributed by atoms with Crippen molar-refractivity contribution in [2.24, 2.45) is 0 Å². The first kappa shape index (κ1) is 14.1. The van der Waals surface area contributed by atoms with Crippen molar-refractivity contribution in [1.29, 1.82) is 0 Å². The van der Waals surface area contributed by atoms with Crippen LogP contribution < -0.4 is 5.32 Å². The molecule has 0 saturated heterocycles. The SMILES string of the molecule is CC(CNC(C)(C)C)Sc1ccccc1Br. The highest BCUT2D eigenvalue weighted by atomic mass is 79.9. The van der Waals surface area contributed by atoms with Gasteiger partial charge in [0, 0.05) is 26.7 Å². The van der Waals surface area contributed by atoms with Gasteiger partial charge in [-0.2, -0.15) is 0 Å². The predicted octanol–water partition coefficient (Wildman–Crippen LogP) is 4.32. The van der Waals surface area contributed by atoms with Crippen LogP contribution in [0.3, 0.4) is 0 Å². The number of thioether (sulfide) groups is 1. The molecule has 0 heterocycles. The molecule has 0 aliphatic rings. The van der Waals surface area contributed by atoms with Crippen LogP contribution in [0.5, 0.6) is 0 Å². The maximum atomic E-state index is 3.57. The molecular formula is C13H20BrNS. The fraction of sp³-hybridized carbons (Fsp3) is 0.538. The van der Waals surface area contributed by atoms with Crippen LogP contribution in [0, 0.1) is 0 Å². The molecule has 16 heavy (non-hydrogen) atoms. The summed E-state index contributed by atoms with van der Waals surface area (Å²) in [5, 5.41) is 4.09. The normalized spacial score (nSPS) is 13.8. The van der Waals surface area contributed by atoms with Crippen molar-refractivity contribution in [2.75, 3.05) is 6.54 Å². The summed E-state index contributed by atoms with van der Waals surface area (Å²) >= 11 is 5.48. The molecule has 1 rings (SSSR count). The van der Waals surface area contributed by atoms with Crippen LogP contribution in [0.25, 0.3) is 0 Å². The van der Waals surface area contributed by atoms with E-state index >= 15 is 0 Å². The van der Waals surface area contributed by atoms with Gasteiger partial charge < -0.3 is 5.32 Å². The van der Waals surface area contributed by atoms with Gasteiger partial charge in [0.25, 0.3) is 0 Å². The maximum Gasteiger partial charge on any atom is 0.0311 e. The molecule has 0 aliphatic carbocycles. The van der Waals surface area contributed by atoms with Crippen LogP contribution >= 0.6 is 27.7 Å². The Balaban J connectivity index is 2.46. The number of nitrogens with one attached hydrogen (secondary N) is 1. The number of rotatable bonds is 4. The van der Waals surface area contributed by atoms with Gasteiger partial charge in [-0.25, -0.2) is 0 Å². The summed E-state index contributed by atoms with van der Waals surface area (Å²) < 4.78 is 1.18. The minimum Gasteiger partial charge on any atom is -0.311 e. The van der Waals surface area contributed by atoms with Gasteiger partial charge in [0.05, 0.1) is 0 Å². The third-order valence-corrected chi connectivity index (χ3v) is 4.22. The minimum absolute atomic E-state index is 0.197. The topological polar surface area (TPSA) is 12.0 Å². The van der Waals surface area contributed by atoms with Gasteiger partial charge in [0.15, 0.2) is 0 Å². The van der Waals surface area contributed by atoms with Gasteiger partial charge in [0.2, 0.25) is 0 Å². The van der Waals surface area contributed by atoms with E-state index in [1.165, 1.54) is 9.37 Å². The highest BCUT2D eigenvalue weighted by Crippen LogP contribution is 2.30. The van der Waals surface area contributed by atoms with Crippen molar-refractivity contribution in [2.45, 2.75) is 43.4 Å². The molecule has 0 aliphatic heterocycles. The maximum absolute atomic E-state index is 3.57. The lowest BCUT2D eigenvalue weighted by Gasteiger charge is -2.23. The average molecular weight is 302 g/mol. The van der Waals surface area contributed by atoms with Gasteiger partial charge >= 0.3 is 0 Å². The summed E-state index contributed by atoms with van der Waals surface area (Å²) in [5.74, 6) is 0. The second kappa shape index (κ2) is 6.08. The van der Waals surface area contributed by atoms with Gasteiger partial charge in [0.1, 0.15) is 0 Å². The highest BCUT2D eigenvalue weighted by Gasteiger charge is 2.12. The van der Waals surface area contributed by atoms with Crippen molar-refractivity contribution in [1.82, 2.24) is 5.32 Å². The molecule has 1 N–H and O–H groups in total.